The van der Waals surface area contributed by atoms with E-state index in [9.17, 15) is 8.42 Å². The van der Waals surface area contributed by atoms with Gasteiger partial charge in [-0.2, -0.15) is 0 Å². The molecule has 0 bridgehead atoms. The maximum atomic E-state index is 11.0. The molecule has 0 aromatic heterocycles. The number of rotatable bonds is 7. The van der Waals surface area contributed by atoms with E-state index >= 15 is 0 Å². The summed E-state index contributed by atoms with van der Waals surface area (Å²) in [5.74, 6) is 0.632. The summed E-state index contributed by atoms with van der Waals surface area (Å²) in [6, 6.07) is 5.37. The van der Waals surface area contributed by atoms with Crippen molar-refractivity contribution >= 4 is 21.4 Å². The third-order valence-corrected chi connectivity index (χ3v) is 3.60. The van der Waals surface area contributed by atoms with Crippen LogP contribution in [-0.2, 0) is 16.4 Å². The Morgan fingerprint density at radius 1 is 1.39 bits per heavy atom. The summed E-state index contributed by atoms with van der Waals surface area (Å²) >= 11 is 6.10. The van der Waals surface area contributed by atoms with Crippen molar-refractivity contribution in [1.82, 2.24) is 5.32 Å². The van der Waals surface area contributed by atoms with Crippen molar-refractivity contribution in [3.8, 4) is 5.75 Å². The predicted molar refractivity (Wildman–Crippen MR) is 74.0 cm³/mol. The smallest absolute Gasteiger partial charge is 0.150 e. The Bertz CT molecular complexity index is 488. The molecule has 4 nitrogen and oxygen atoms in total. The number of hydrogen-bond acceptors (Lipinski definition) is 4. The topological polar surface area (TPSA) is 55.4 Å². The molecule has 0 unspecified atom stereocenters. The van der Waals surface area contributed by atoms with Gasteiger partial charge in [-0.15, -0.1) is 0 Å². The van der Waals surface area contributed by atoms with Crippen molar-refractivity contribution in [2.45, 2.75) is 13.5 Å². The maximum Gasteiger partial charge on any atom is 0.150 e. The van der Waals surface area contributed by atoms with Gasteiger partial charge in [-0.25, -0.2) is 8.42 Å². The molecular weight excluding hydrogens is 274 g/mol. The molecule has 0 aliphatic rings. The van der Waals surface area contributed by atoms with Crippen LogP contribution in [0.3, 0.4) is 0 Å². The standard InChI is InChI=1S/C12H18ClNO3S/c1-3-14-9-10-11(13)5-4-6-12(10)17-7-8-18(2,15)16/h4-6,14H,3,7-9H2,1-2H3. The number of sulfone groups is 1. The summed E-state index contributed by atoms with van der Waals surface area (Å²) in [7, 11) is -3.01. The molecule has 1 aromatic carbocycles. The number of nitrogens with one attached hydrogen (secondary N) is 1. The van der Waals surface area contributed by atoms with Crippen LogP contribution >= 0.6 is 11.6 Å². The molecular formula is C12H18ClNO3S. The highest BCUT2D eigenvalue weighted by atomic mass is 35.5. The molecule has 0 saturated carbocycles. The van der Waals surface area contributed by atoms with Crippen LogP contribution < -0.4 is 10.1 Å². The fourth-order valence-electron chi connectivity index (χ4n) is 1.40. The first-order valence-electron chi connectivity index (χ1n) is 5.72. The lowest BCUT2D eigenvalue weighted by molar-refractivity contribution is 0.336. The zero-order valence-electron chi connectivity index (χ0n) is 10.6. The number of ether oxygens (including phenoxy) is 1. The number of halogens is 1. The molecule has 6 heteroatoms. The van der Waals surface area contributed by atoms with Crippen LogP contribution in [0, 0.1) is 0 Å². The first-order valence-corrected chi connectivity index (χ1v) is 8.16. The summed E-state index contributed by atoms with van der Waals surface area (Å²) in [5.41, 5.74) is 0.856. The molecule has 0 amide bonds. The SMILES string of the molecule is CCNCc1c(Cl)cccc1OCCS(C)(=O)=O. The fourth-order valence-corrected chi connectivity index (χ4v) is 2.02. The normalized spacial score (nSPS) is 11.5. The maximum absolute atomic E-state index is 11.0. The fraction of sp³-hybridized carbons (Fsp3) is 0.500. The van der Waals surface area contributed by atoms with E-state index < -0.39 is 9.84 Å². The van der Waals surface area contributed by atoms with Gasteiger partial charge in [0, 0.05) is 23.4 Å². The van der Waals surface area contributed by atoms with Gasteiger partial charge in [-0.1, -0.05) is 24.6 Å². The van der Waals surface area contributed by atoms with Crippen LogP contribution in [0.4, 0.5) is 0 Å². The molecule has 0 heterocycles. The van der Waals surface area contributed by atoms with Gasteiger partial charge in [0.05, 0.1) is 5.75 Å². The lowest BCUT2D eigenvalue weighted by Gasteiger charge is -2.13. The lowest BCUT2D eigenvalue weighted by Crippen LogP contribution is -2.16. The molecule has 0 atom stereocenters. The number of benzene rings is 1. The van der Waals surface area contributed by atoms with Crippen molar-refractivity contribution in [1.29, 1.82) is 0 Å². The van der Waals surface area contributed by atoms with E-state index in [-0.39, 0.29) is 12.4 Å². The van der Waals surface area contributed by atoms with Gasteiger partial charge in [-0.3, -0.25) is 0 Å². The summed E-state index contributed by atoms with van der Waals surface area (Å²) in [6.45, 7) is 3.57. The molecule has 0 aliphatic carbocycles. The molecule has 0 aliphatic heterocycles. The van der Waals surface area contributed by atoms with Crippen molar-refractivity contribution in [2.24, 2.45) is 0 Å². The molecule has 1 aromatic rings. The van der Waals surface area contributed by atoms with Crippen molar-refractivity contribution in [3.63, 3.8) is 0 Å². The minimum absolute atomic E-state index is 0.000158. The average Bonchev–Trinajstić information content (AvgIpc) is 2.26. The van der Waals surface area contributed by atoms with Crippen LogP contribution in [0.15, 0.2) is 18.2 Å². The molecule has 0 radical (unpaired) electrons. The minimum Gasteiger partial charge on any atom is -0.492 e. The second kappa shape index (κ2) is 6.97. The Hall–Kier alpha value is -0.780. The van der Waals surface area contributed by atoms with Crippen LogP contribution in [0.5, 0.6) is 5.75 Å². The third-order valence-electron chi connectivity index (χ3n) is 2.34. The summed E-state index contributed by atoms with van der Waals surface area (Å²) in [5, 5.41) is 3.79. The zero-order chi connectivity index (χ0) is 13.6. The van der Waals surface area contributed by atoms with E-state index in [1.807, 2.05) is 6.92 Å². The van der Waals surface area contributed by atoms with Gasteiger partial charge in [0.1, 0.15) is 12.4 Å². The van der Waals surface area contributed by atoms with E-state index in [1.165, 1.54) is 6.26 Å². The summed E-state index contributed by atoms with van der Waals surface area (Å²) < 4.78 is 27.5. The molecule has 1 rings (SSSR count). The molecule has 0 fully saturated rings. The monoisotopic (exact) mass is 291 g/mol. The van der Waals surface area contributed by atoms with E-state index in [2.05, 4.69) is 5.32 Å². The van der Waals surface area contributed by atoms with Crippen LogP contribution in [-0.4, -0.2) is 33.6 Å². The van der Waals surface area contributed by atoms with Crippen LogP contribution in [0.25, 0.3) is 0 Å². The van der Waals surface area contributed by atoms with Gasteiger partial charge in [-0.05, 0) is 18.7 Å². The Morgan fingerprint density at radius 2 is 2.11 bits per heavy atom. The Labute approximate surface area is 113 Å². The highest BCUT2D eigenvalue weighted by Gasteiger charge is 2.09. The molecule has 1 N–H and O–H groups in total. The first-order chi connectivity index (χ1) is 8.44. The van der Waals surface area contributed by atoms with E-state index in [0.29, 0.717) is 17.3 Å². The average molecular weight is 292 g/mol. The van der Waals surface area contributed by atoms with Crippen LogP contribution in [0.1, 0.15) is 12.5 Å². The van der Waals surface area contributed by atoms with Gasteiger partial charge < -0.3 is 10.1 Å². The van der Waals surface area contributed by atoms with Crippen molar-refractivity contribution in [3.05, 3.63) is 28.8 Å². The second-order valence-corrected chi connectivity index (χ2v) is 6.64. The summed E-state index contributed by atoms with van der Waals surface area (Å²) in [4.78, 5) is 0. The quantitative estimate of drug-likeness (QED) is 0.833. The van der Waals surface area contributed by atoms with E-state index in [1.54, 1.807) is 18.2 Å². The lowest BCUT2D eigenvalue weighted by atomic mass is 10.2. The van der Waals surface area contributed by atoms with Gasteiger partial charge >= 0.3 is 0 Å². The Balaban J connectivity index is 2.72. The Kier molecular flexibility index (Phi) is 5.91. The number of hydrogen-bond donors (Lipinski definition) is 1. The molecule has 102 valence electrons. The van der Waals surface area contributed by atoms with Gasteiger partial charge in [0.15, 0.2) is 9.84 Å². The predicted octanol–water partition coefficient (Wildman–Crippen LogP) is 1.87. The van der Waals surface area contributed by atoms with Crippen molar-refractivity contribution in [2.75, 3.05) is 25.2 Å². The molecule has 0 saturated heterocycles. The van der Waals surface area contributed by atoms with Crippen molar-refractivity contribution < 1.29 is 13.2 Å². The van der Waals surface area contributed by atoms with E-state index in [4.69, 9.17) is 16.3 Å². The minimum atomic E-state index is -3.01. The molecule has 0 spiro atoms. The van der Waals surface area contributed by atoms with Gasteiger partial charge in [0.25, 0.3) is 0 Å². The third kappa shape index (κ3) is 5.25. The first kappa shape index (κ1) is 15.3. The zero-order valence-corrected chi connectivity index (χ0v) is 12.1. The van der Waals surface area contributed by atoms with E-state index in [0.717, 1.165) is 12.1 Å². The van der Waals surface area contributed by atoms with Gasteiger partial charge in [0.2, 0.25) is 0 Å². The largest absolute Gasteiger partial charge is 0.492 e. The molecule has 18 heavy (non-hydrogen) atoms. The summed E-state index contributed by atoms with van der Waals surface area (Å²) in [6.07, 6.45) is 1.19. The van der Waals surface area contributed by atoms with Crippen LogP contribution in [0.2, 0.25) is 5.02 Å². The second-order valence-electron chi connectivity index (χ2n) is 3.98. The highest BCUT2D eigenvalue weighted by Crippen LogP contribution is 2.26. The highest BCUT2D eigenvalue weighted by molar-refractivity contribution is 7.90. The Morgan fingerprint density at radius 3 is 2.72 bits per heavy atom.